The van der Waals surface area contributed by atoms with Gasteiger partial charge in [-0.3, -0.25) is 10.4 Å². The Labute approximate surface area is 84.5 Å². The van der Waals surface area contributed by atoms with Crippen molar-refractivity contribution in [3.63, 3.8) is 0 Å². The lowest BCUT2D eigenvalue weighted by Crippen LogP contribution is -2.54. The van der Waals surface area contributed by atoms with E-state index in [9.17, 15) is 0 Å². The average Bonchev–Trinajstić information content (AvgIpc) is 2.50. The van der Waals surface area contributed by atoms with Crippen molar-refractivity contribution in [2.75, 3.05) is 19.6 Å². The fourth-order valence-electron chi connectivity index (χ4n) is 1.30. The van der Waals surface area contributed by atoms with E-state index in [0.29, 0.717) is 0 Å². The van der Waals surface area contributed by atoms with E-state index < -0.39 is 0 Å². The van der Waals surface area contributed by atoms with E-state index in [1.54, 1.807) is 0 Å². The predicted molar refractivity (Wildman–Crippen MR) is 56.0 cm³/mol. The first-order valence-corrected chi connectivity index (χ1v) is 5.03. The number of thiocarbonyl (C=S) groups is 1. The summed E-state index contributed by atoms with van der Waals surface area (Å²) in [5.74, 6) is 0. The minimum absolute atomic E-state index is 0.717. The van der Waals surface area contributed by atoms with Crippen molar-refractivity contribution in [3.8, 4) is 0 Å². The van der Waals surface area contributed by atoms with Crippen molar-refractivity contribution >= 4 is 17.3 Å². The van der Waals surface area contributed by atoms with Gasteiger partial charge >= 0.3 is 0 Å². The molecule has 1 aliphatic rings. The molecule has 76 valence electrons. The van der Waals surface area contributed by atoms with Crippen molar-refractivity contribution in [2.24, 2.45) is 0 Å². The third-order valence-electron chi connectivity index (χ3n) is 2.02. The first kappa shape index (κ1) is 10.6. The lowest BCUT2D eigenvalue weighted by atomic mass is 10.6. The topological polar surface area (TPSA) is 33.8 Å². The molecular formula is C7H17N5S. The van der Waals surface area contributed by atoms with Crippen LogP contribution in [0.5, 0.6) is 0 Å². The van der Waals surface area contributed by atoms with Gasteiger partial charge in [0, 0.05) is 19.6 Å². The summed E-state index contributed by atoms with van der Waals surface area (Å²) in [5, 5.41) is 6.76. The van der Waals surface area contributed by atoms with Crippen LogP contribution in [0.25, 0.3) is 0 Å². The molecule has 2 N–H and O–H groups in total. The normalized spacial score (nSPS) is 18.5. The molecule has 0 aromatic heterocycles. The quantitative estimate of drug-likeness (QED) is 0.630. The highest BCUT2D eigenvalue weighted by Gasteiger charge is 2.27. The Bertz CT molecular complexity index is 182. The molecule has 1 heterocycles. The Morgan fingerprint density at radius 2 is 1.92 bits per heavy atom. The maximum atomic E-state index is 5.12. The summed E-state index contributed by atoms with van der Waals surface area (Å²) in [4.78, 5) is 0. The maximum Gasteiger partial charge on any atom is 0.201 e. The van der Waals surface area contributed by atoms with Gasteiger partial charge < -0.3 is 0 Å². The lowest BCUT2D eigenvalue weighted by Gasteiger charge is -2.33. The molecule has 5 nitrogen and oxygen atoms in total. The molecule has 13 heavy (non-hydrogen) atoms. The summed E-state index contributed by atoms with van der Waals surface area (Å²) in [6, 6.07) is 0. The Hall–Kier alpha value is -0.430. The zero-order chi connectivity index (χ0) is 9.84. The highest BCUT2D eigenvalue weighted by atomic mass is 32.1. The van der Waals surface area contributed by atoms with Crippen LogP contribution >= 0.6 is 12.2 Å². The molecule has 0 aromatic rings. The Morgan fingerprint density at radius 3 is 2.38 bits per heavy atom. The summed E-state index contributed by atoms with van der Waals surface area (Å²) in [5.41, 5.74) is 5.91. The van der Waals surface area contributed by atoms with E-state index in [1.165, 1.54) is 0 Å². The minimum Gasteiger partial charge on any atom is -0.281 e. The zero-order valence-electron chi connectivity index (χ0n) is 8.37. The molecule has 0 spiro atoms. The molecule has 1 saturated heterocycles. The lowest BCUT2D eigenvalue weighted by molar-refractivity contribution is -0.164. The van der Waals surface area contributed by atoms with Gasteiger partial charge in [-0.05, 0) is 19.1 Å². The van der Waals surface area contributed by atoms with Crippen LogP contribution in [0, 0.1) is 0 Å². The van der Waals surface area contributed by atoms with Crippen LogP contribution in [0.15, 0.2) is 0 Å². The molecule has 0 radical (unpaired) electrons. The molecule has 0 amide bonds. The largest absolute Gasteiger partial charge is 0.281 e. The molecule has 0 aromatic carbocycles. The van der Waals surface area contributed by atoms with Crippen molar-refractivity contribution < 1.29 is 0 Å². The standard InChI is InChI=1S/C7H17N5S/c1-4-10(5-2)12-9-8-7(13)11(12)6-3/h9H,4-6H2,1-3H3,(H,8,13). The number of hydrazine groups is 4. The van der Waals surface area contributed by atoms with Crippen LogP contribution in [-0.2, 0) is 0 Å². The number of rotatable bonds is 4. The van der Waals surface area contributed by atoms with E-state index in [4.69, 9.17) is 12.2 Å². The predicted octanol–water partition coefficient (Wildman–Crippen LogP) is 0.0898. The van der Waals surface area contributed by atoms with Gasteiger partial charge in [0.2, 0.25) is 5.11 Å². The monoisotopic (exact) mass is 203 g/mol. The molecule has 1 rings (SSSR count). The summed E-state index contributed by atoms with van der Waals surface area (Å²) in [6.07, 6.45) is 0. The van der Waals surface area contributed by atoms with Gasteiger partial charge in [-0.1, -0.05) is 19.1 Å². The van der Waals surface area contributed by atoms with E-state index in [0.717, 1.165) is 24.7 Å². The highest BCUT2D eigenvalue weighted by Crippen LogP contribution is 2.04. The van der Waals surface area contributed by atoms with Crippen LogP contribution in [0.2, 0.25) is 0 Å². The van der Waals surface area contributed by atoms with Crippen molar-refractivity contribution in [1.82, 2.24) is 26.2 Å². The third-order valence-corrected chi connectivity index (χ3v) is 2.34. The molecule has 1 fully saturated rings. The molecule has 0 saturated carbocycles. The number of hydrogen-bond donors (Lipinski definition) is 2. The summed E-state index contributed by atoms with van der Waals surface area (Å²) >= 11 is 5.12. The minimum atomic E-state index is 0.717. The van der Waals surface area contributed by atoms with Gasteiger partial charge in [0.25, 0.3) is 0 Å². The van der Waals surface area contributed by atoms with Gasteiger partial charge in [-0.2, -0.15) is 0 Å². The molecule has 0 bridgehead atoms. The van der Waals surface area contributed by atoms with Gasteiger partial charge in [-0.25, -0.2) is 5.01 Å². The number of hydrogen-bond acceptors (Lipinski definition) is 4. The second-order valence-electron chi connectivity index (χ2n) is 2.69. The Morgan fingerprint density at radius 1 is 1.31 bits per heavy atom. The first-order valence-electron chi connectivity index (χ1n) is 4.62. The van der Waals surface area contributed by atoms with E-state index in [2.05, 4.69) is 36.7 Å². The SMILES string of the molecule is CCN(CC)N1NNC(=S)N1CC. The van der Waals surface area contributed by atoms with E-state index >= 15 is 0 Å². The summed E-state index contributed by atoms with van der Waals surface area (Å²) in [6.45, 7) is 9.04. The molecule has 1 aliphatic heterocycles. The Kier molecular flexibility index (Phi) is 3.86. The second kappa shape index (κ2) is 4.71. The van der Waals surface area contributed by atoms with Gasteiger partial charge in [-0.15, -0.1) is 5.53 Å². The fraction of sp³-hybridized carbons (Fsp3) is 0.857. The third kappa shape index (κ3) is 2.08. The fourth-order valence-corrected chi connectivity index (χ4v) is 1.55. The molecule has 0 aliphatic carbocycles. The zero-order valence-corrected chi connectivity index (χ0v) is 9.19. The molecule has 6 heteroatoms. The molecule has 0 atom stereocenters. The number of nitrogens with one attached hydrogen (secondary N) is 2. The van der Waals surface area contributed by atoms with Crippen LogP contribution in [-0.4, -0.2) is 40.0 Å². The number of nitrogens with zero attached hydrogens (tertiary/aromatic N) is 3. The Balaban J connectivity index is 2.63. The van der Waals surface area contributed by atoms with Gasteiger partial charge in [0.05, 0.1) is 0 Å². The van der Waals surface area contributed by atoms with Gasteiger partial charge in [0.15, 0.2) is 0 Å². The van der Waals surface area contributed by atoms with E-state index in [-0.39, 0.29) is 0 Å². The van der Waals surface area contributed by atoms with Crippen molar-refractivity contribution in [2.45, 2.75) is 20.8 Å². The molecule has 0 unspecified atom stereocenters. The van der Waals surface area contributed by atoms with Crippen LogP contribution in [0.4, 0.5) is 0 Å². The maximum absolute atomic E-state index is 5.12. The highest BCUT2D eigenvalue weighted by molar-refractivity contribution is 7.80. The van der Waals surface area contributed by atoms with Crippen molar-refractivity contribution in [1.29, 1.82) is 0 Å². The average molecular weight is 203 g/mol. The van der Waals surface area contributed by atoms with Crippen LogP contribution in [0.1, 0.15) is 20.8 Å². The van der Waals surface area contributed by atoms with Crippen LogP contribution in [0.3, 0.4) is 0 Å². The summed E-state index contributed by atoms with van der Waals surface area (Å²) in [7, 11) is 0. The second-order valence-corrected chi connectivity index (χ2v) is 3.07. The van der Waals surface area contributed by atoms with Gasteiger partial charge in [0.1, 0.15) is 0 Å². The van der Waals surface area contributed by atoms with E-state index in [1.807, 2.05) is 10.2 Å². The van der Waals surface area contributed by atoms with Crippen molar-refractivity contribution in [3.05, 3.63) is 0 Å². The smallest absolute Gasteiger partial charge is 0.201 e. The first-order chi connectivity index (χ1) is 6.24. The summed E-state index contributed by atoms with van der Waals surface area (Å²) < 4.78 is 0. The molecular weight excluding hydrogens is 186 g/mol. The van der Waals surface area contributed by atoms with Crippen LogP contribution < -0.4 is 11.0 Å².